The molecule has 3 aromatic rings. The summed E-state index contributed by atoms with van der Waals surface area (Å²) in [5, 5.41) is 10.4. The summed E-state index contributed by atoms with van der Waals surface area (Å²) in [4.78, 5) is 32.4. The van der Waals surface area contributed by atoms with E-state index in [1.165, 1.54) is 6.07 Å². The molecule has 1 saturated heterocycles. The average Bonchev–Trinajstić information content (AvgIpc) is 3.32. The third-order valence-electron chi connectivity index (χ3n) is 5.61. The number of aromatic nitrogens is 4. The van der Waals surface area contributed by atoms with E-state index in [-0.39, 0.29) is 29.5 Å². The quantitative estimate of drug-likeness (QED) is 0.367. The van der Waals surface area contributed by atoms with Crippen molar-refractivity contribution < 1.29 is 41.5 Å². The molecule has 5 N–H and O–H groups in total. The molecule has 12 nitrogen and oxygen atoms in total. The summed E-state index contributed by atoms with van der Waals surface area (Å²) >= 11 is 0. The van der Waals surface area contributed by atoms with Crippen LogP contribution in [0.5, 0.6) is 5.75 Å². The molecule has 184 valence electrons. The van der Waals surface area contributed by atoms with Gasteiger partial charge in [-0.3, -0.25) is 0 Å². The van der Waals surface area contributed by atoms with E-state index in [0.29, 0.717) is 5.56 Å². The molecule has 2 aliphatic heterocycles. The van der Waals surface area contributed by atoms with Gasteiger partial charge in [0.1, 0.15) is 0 Å². The van der Waals surface area contributed by atoms with Gasteiger partial charge in [-0.05, 0) is 0 Å². The number of fused-ring (bicyclic) bond motifs is 2. The van der Waals surface area contributed by atoms with E-state index in [1.807, 2.05) is 0 Å². The number of imidazole rings is 1. The van der Waals surface area contributed by atoms with E-state index < -0.39 is 50.9 Å². The number of ether oxygens (including phenoxy) is 1. The molecule has 0 saturated carbocycles. The molecular formula is C18H19F3N5O7P. The maximum absolute atomic E-state index is 15.1. The fourth-order valence-electron chi connectivity index (χ4n) is 3.82. The Balaban J connectivity index is 1.43. The first-order valence-electron chi connectivity index (χ1n) is 9.91. The number of benzene rings is 1. The predicted molar refractivity (Wildman–Crippen MR) is 111 cm³/mol. The number of aromatic amines is 1. The summed E-state index contributed by atoms with van der Waals surface area (Å²) in [6.07, 6.45) is -9.19. The Bertz CT molecular complexity index is 1290. The van der Waals surface area contributed by atoms with E-state index in [2.05, 4.69) is 15.0 Å². The van der Waals surface area contributed by atoms with Crippen LogP contribution in [0.2, 0.25) is 0 Å². The van der Waals surface area contributed by atoms with Gasteiger partial charge in [0.05, 0.1) is 0 Å². The second-order valence-corrected chi connectivity index (χ2v) is 9.57. The summed E-state index contributed by atoms with van der Waals surface area (Å²) in [6, 6.07) is 6.54. The number of aliphatic hydroxyl groups excluding tert-OH is 1. The van der Waals surface area contributed by atoms with Crippen molar-refractivity contribution >= 4 is 25.3 Å². The van der Waals surface area contributed by atoms with Crippen molar-refractivity contribution in [3.05, 3.63) is 46.5 Å². The second kappa shape index (κ2) is 8.15. The Morgan fingerprint density at radius 3 is 2.94 bits per heavy atom. The zero-order valence-electron chi connectivity index (χ0n) is 17.1. The molecule has 0 unspecified atom stereocenters. The van der Waals surface area contributed by atoms with Crippen molar-refractivity contribution in [3.63, 3.8) is 0 Å². The van der Waals surface area contributed by atoms with Crippen LogP contribution < -0.4 is 15.8 Å². The number of nitrogen functional groups attached to an aromatic ring is 1. The molecule has 0 spiro atoms. The molecule has 1 fully saturated rings. The van der Waals surface area contributed by atoms with Crippen molar-refractivity contribution in [1.29, 1.82) is 0 Å². The van der Waals surface area contributed by atoms with E-state index >= 15 is 4.39 Å². The van der Waals surface area contributed by atoms with E-state index in [0.717, 1.165) is 10.9 Å². The van der Waals surface area contributed by atoms with Crippen LogP contribution in [0.4, 0.5) is 19.1 Å². The monoisotopic (exact) mass is 505 g/mol. The average molecular weight is 505 g/mol. The minimum absolute atomic E-state index is 0.110. The topological polar surface area (TPSA) is 167 Å². The van der Waals surface area contributed by atoms with Crippen LogP contribution in [0, 0.1) is 0 Å². The van der Waals surface area contributed by atoms with Crippen molar-refractivity contribution in [2.45, 2.75) is 37.1 Å². The fraction of sp³-hybridized carbons (Fsp3) is 0.389. The predicted octanol–water partition coefficient (Wildman–Crippen LogP) is 0.961. The number of nitrogens with zero attached hydrogens (tertiary/aromatic N) is 3. The molecule has 2 aliphatic rings. The molecule has 0 bridgehead atoms. The minimum atomic E-state index is -4.49. The normalized spacial score (nSPS) is 29.2. The Labute approximate surface area is 188 Å². The molecule has 2 aromatic heterocycles. The number of alkyl halides is 3. The molecule has 0 amide bonds. The van der Waals surface area contributed by atoms with Gasteiger partial charge >= 0.3 is 188 Å². The molecule has 4 atom stereocenters. The van der Waals surface area contributed by atoms with Gasteiger partial charge in [-0.15, -0.1) is 0 Å². The Kier molecular flexibility index (Phi) is 5.50. The molecule has 0 radical (unpaired) electrons. The number of anilines is 1. The van der Waals surface area contributed by atoms with E-state index in [1.54, 1.807) is 18.2 Å². The van der Waals surface area contributed by atoms with Crippen LogP contribution in [0.3, 0.4) is 0 Å². The number of nitrogens with two attached hydrogens (primary N) is 1. The number of H-pyrrole nitrogens is 1. The second-order valence-electron chi connectivity index (χ2n) is 7.74. The Hall–Kier alpha value is -2.81. The first-order chi connectivity index (χ1) is 16.1. The summed E-state index contributed by atoms with van der Waals surface area (Å²) in [6.45, 7) is -1.28. The molecular weight excluding hydrogens is 486 g/mol. The van der Waals surface area contributed by atoms with Gasteiger partial charge in [0.15, 0.2) is 0 Å². The number of halogens is 3. The van der Waals surface area contributed by atoms with Gasteiger partial charge in [0.25, 0.3) is 0 Å². The number of para-hydroxylation sites is 1. The van der Waals surface area contributed by atoms with Crippen LogP contribution in [-0.4, -0.2) is 60.4 Å². The van der Waals surface area contributed by atoms with Gasteiger partial charge in [-0.25, -0.2) is 0 Å². The first kappa shape index (κ1) is 23.0. The third kappa shape index (κ3) is 3.61. The van der Waals surface area contributed by atoms with Crippen molar-refractivity contribution in [2.24, 2.45) is 0 Å². The molecule has 5 rings (SSSR count). The van der Waals surface area contributed by atoms with Crippen LogP contribution >= 0.6 is 8.17 Å². The third-order valence-corrected chi connectivity index (χ3v) is 7.11. The van der Waals surface area contributed by atoms with Gasteiger partial charge in [0.2, 0.25) is 0 Å². The summed E-state index contributed by atoms with van der Waals surface area (Å²) in [7, 11) is -4.49. The zero-order chi connectivity index (χ0) is 24.3. The van der Waals surface area contributed by atoms with Gasteiger partial charge in [0, 0.05) is 0 Å². The number of nitrogens with one attached hydrogen (secondary N) is 1. The van der Waals surface area contributed by atoms with E-state index in [4.69, 9.17) is 24.0 Å². The van der Waals surface area contributed by atoms with Crippen LogP contribution in [-0.2, 0) is 20.4 Å². The fourth-order valence-corrected chi connectivity index (χ4v) is 5.25. The number of hydrogen-bond acceptors (Lipinski definition) is 10. The van der Waals surface area contributed by atoms with Crippen molar-refractivity contribution in [3.8, 4) is 5.75 Å². The molecule has 16 heteroatoms. The van der Waals surface area contributed by atoms with E-state index in [9.17, 15) is 23.6 Å². The van der Waals surface area contributed by atoms with Crippen LogP contribution in [0.25, 0.3) is 11.2 Å². The first-order valence-corrected chi connectivity index (χ1v) is 11.6. The molecule has 1 aromatic carbocycles. The van der Waals surface area contributed by atoms with Crippen LogP contribution in [0.1, 0.15) is 11.8 Å². The Morgan fingerprint density at radius 2 is 2.18 bits per heavy atom. The maximum atomic E-state index is 15.1. The van der Waals surface area contributed by atoms with Gasteiger partial charge in [-0.2, -0.15) is 0 Å². The summed E-state index contributed by atoms with van der Waals surface area (Å²) < 4.78 is 65.4. The summed E-state index contributed by atoms with van der Waals surface area (Å²) in [5.74, 6) is -0.0846. The molecule has 0 aliphatic carbocycles. The number of aliphatic hydroxyl groups is 1. The molecule has 4 heterocycles. The number of rotatable bonds is 5. The molecule has 34 heavy (non-hydrogen) atoms. The van der Waals surface area contributed by atoms with Crippen molar-refractivity contribution in [2.75, 3.05) is 12.3 Å². The SMILES string of the molecule is Nc1nc2c(ncn2[C@@H]2O[C@@](CO[PH]3(O)OCc4ccccc4O3)(C(F)F)[C@H](O)[C@H]2F)c(=O)[nH]1. The number of hydrogen-bond donors (Lipinski definition) is 4. The van der Waals surface area contributed by atoms with Crippen molar-refractivity contribution in [1.82, 2.24) is 19.5 Å². The van der Waals surface area contributed by atoms with Crippen LogP contribution in [0.15, 0.2) is 35.4 Å². The van der Waals surface area contributed by atoms with Gasteiger partial charge in [-0.1, -0.05) is 0 Å². The summed E-state index contributed by atoms with van der Waals surface area (Å²) in [5.41, 5.74) is 1.97. The standard InChI is InChI=1S/C18H19F3N5O7P/c19-10-12(27)18(16(20)21,6-31-34(29)30-5-8-3-1-2-4-9(8)33-34)32-15(10)26-7-23-11-13(26)24-17(22)25-14(11)28/h1-4,7,10,12,15-16,27,29,34H,5-6H2,(H3,22,24,25,28)/t10-,12-,15-,18-/m1/s1. The van der Waals surface area contributed by atoms with Gasteiger partial charge < -0.3 is 0 Å². The zero-order valence-corrected chi connectivity index (χ0v) is 18.1. The Morgan fingerprint density at radius 1 is 1.41 bits per heavy atom.